The quantitative estimate of drug-likeness (QED) is 0.926. The summed E-state index contributed by atoms with van der Waals surface area (Å²) in [5.74, 6) is 0.370. The van der Waals surface area contributed by atoms with Crippen molar-refractivity contribution in [2.75, 3.05) is 13.3 Å². The van der Waals surface area contributed by atoms with Gasteiger partial charge in [0.1, 0.15) is 9.84 Å². The summed E-state index contributed by atoms with van der Waals surface area (Å²) in [6.45, 7) is 2.06. The van der Waals surface area contributed by atoms with Crippen molar-refractivity contribution in [2.45, 2.75) is 43.9 Å². The molecule has 1 aliphatic carbocycles. The number of nitrogens with zero attached hydrogens (tertiary/aromatic N) is 1. The van der Waals surface area contributed by atoms with Crippen molar-refractivity contribution in [2.24, 2.45) is 5.92 Å². The van der Waals surface area contributed by atoms with E-state index in [2.05, 4.69) is 17.2 Å². The van der Waals surface area contributed by atoms with Gasteiger partial charge in [0.2, 0.25) is 0 Å². The van der Waals surface area contributed by atoms with Gasteiger partial charge < -0.3 is 5.32 Å². The van der Waals surface area contributed by atoms with Crippen molar-refractivity contribution in [3.63, 3.8) is 0 Å². The minimum atomic E-state index is -2.93. The molecule has 1 aliphatic rings. The predicted molar refractivity (Wildman–Crippen MR) is 81.4 cm³/mol. The minimum absolute atomic E-state index is 0.181. The molecule has 112 valence electrons. The van der Waals surface area contributed by atoms with Gasteiger partial charge in [0.25, 0.3) is 0 Å². The van der Waals surface area contributed by atoms with Crippen molar-refractivity contribution >= 4 is 9.84 Å². The fourth-order valence-electron chi connectivity index (χ4n) is 3.35. The largest absolute Gasteiger partial charge is 0.313 e. The maximum Gasteiger partial charge on any atom is 0.150 e. The number of sulfone groups is 1. The van der Waals surface area contributed by atoms with Crippen molar-refractivity contribution in [1.82, 2.24) is 10.3 Å². The Hall–Kier alpha value is -0.940. The molecule has 0 saturated heterocycles. The van der Waals surface area contributed by atoms with E-state index in [-0.39, 0.29) is 11.3 Å². The summed E-state index contributed by atoms with van der Waals surface area (Å²) in [6, 6.07) is 2.25. The standard InChI is InChI=1S/C15H24N2O2S/c1-11-10-17-8-7-14(11)15(16-2)12-5-4-6-13(9-12)20(3,18)19/h7-8,10,12-13,15-16H,4-6,9H2,1-3H3. The summed E-state index contributed by atoms with van der Waals surface area (Å²) in [6.07, 6.45) is 8.68. The van der Waals surface area contributed by atoms with Gasteiger partial charge in [-0.05, 0) is 56.3 Å². The predicted octanol–water partition coefficient (Wildman–Crippen LogP) is 2.25. The molecule has 1 fully saturated rings. The van der Waals surface area contributed by atoms with Crippen LogP contribution in [0.5, 0.6) is 0 Å². The zero-order valence-electron chi connectivity index (χ0n) is 12.5. The number of hydrogen-bond donors (Lipinski definition) is 1. The first-order valence-electron chi connectivity index (χ1n) is 7.20. The van der Waals surface area contributed by atoms with Gasteiger partial charge in [-0.25, -0.2) is 8.42 Å². The number of aromatic nitrogens is 1. The van der Waals surface area contributed by atoms with Crippen LogP contribution in [0.25, 0.3) is 0 Å². The van der Waals surface area contributed by atoms with Gasteiger partial charge in [0.05, 0.1) is 5.25 Å². The number of nitrogens with one attached hydrogen (secondary N) is 1. The van der Waals surface area contributed by atoms with E-state index in [1.54, 1.807) is 0 Å². The molecule has 0 amide bonds. The molecule has 1 aromatic heterocycles. The smallest absolute Gasteiger partial charge is 0.150 e. The van der Waals surface area contributed by atoms with Crippen LogP contribution < -0.4 is 5.32 Å². The second-order valence-corrected chi connectivity index (χ2v) is 8.20. The lowest BCUT2D eigenvalue weighted by Gasteiger charge is -2.34. The van der Waals surface area contributed by atoms with Crippen LogP contribution in [0.3, 0.4) is 0 Å². The number of pyridine rings is 1. The van der Waals surface area contributed by atoms with Crippen LogP contribution in [0.4, 0.5) is 0 Å². The third-order valence-electron chi connectivity index (χ3n) is 4.45. The lowest BCUT2D eigenvalue weighted by atomic mass is 9.80. The molecule has 0 spiro atoms. The van der Waals surface area contributed by atoms with Gasteiger partial charge in [0.15, 0.2) is 0 Å². The van der Waals surface area contributed by atoms with Crippen molar-refractivity contribution in [3.8, 4) is 0 Å². The maximum absolute atomic E-state index is 11.8. The van der Waals surface area contributed by atoms with E-state index in [0.29, 0.717) is 5.92 Å². The lowest BCUT2D eigenvalue weighted by Crippen LogP contribution is -2.34. The van der Waals surface area contributed by atoms with E-state index >= 15 is 0 Å². The molecular formula is C15H24N2O2S. The second-order valence-electron chi connectivity index (χ2n) is 5.88. The van der Waals surface area contributed by atoms with Crippen LogP contribution in [-0.2, 0) is 9.84 Å². The zero-order valence-corrected chi connectivity index (χ0v) is 13.3. The van der Waals surface area contributed by atoms with Gasteiger partial charge in [-0.3, -0.25) is 4.98 Å². The first kappa shape index (κ1) is 15.4. The van der Waals surface area contributed by atoms with Crippen LogP contribution in [0.2, 0.25) is 0 Å². The number of rotatable bonds is 4. The van der Waals surface area contributed by atoms with Crippen molar-refractivity contribution in [1.29, 1.82) is 0 Å². The third-order valence-corrected chi connectivity index (χ3v) is 6.09. The molecule has 3 atom stereocenters. The Bertz CT molecular complexity index is 557. The Balaban J connectivity index is 2.22. The molecule has 3 unspecified atom stereocenters. The average molecular weight is 296 g/mol. The Morgan fingerprint density at radius 2 is 2.15 bits per heavy atom. The van der Waals surface area contributed by atoms with Gasteiger partial charge in [-0.15, -0.1) is 0 Å². The monoisotopic (exact) mass is 296 g/mol. The molecule has 0 radical (unpaired) electrons. The van der Waals surface area contributed by atoms with Crippen LogP contribution in [0, 0.1) is 12.8 Å². The zero-order chi connectivity index (χ0) is 14.8. The van der Waals surface area contributed by atoms with Gasteiger partial charge in [0, 0.05) is 24.7 Å². The van der Waals surface area contributed by atoms with E-state index in [0.717, 1.165) is 31.2 Å². The maximum atomic E-state index is 11.8. The fraction of sp³-hybridized carbons (Fsp3) is 0.667. The molecule has 1 aromatic rings. The second kappa shape index (κ2) is 6.22. The van der Waals surface area contributed by atoms with E-state index in [1.807, 2.05) is 25.5 Å². The topological polar surface area (TPSA) is 59.1 Å². The Labute approximate surface area is 121 Å². The van der Waals surface area contributed by atoms with Crippen molar-refractivity contribution in [3.05, 3.63) is 29.6 Å². The summed E-state index contributed by atoms with van der Waals surface area (Å²) in [5.41, 5.74) is 2.40. The number of aryl methyl sites for hydroxylation is 1. The molecule has 1 heterocycles. The first-order chi connectivity index (χ1) is 9.43. The van der Waals surface area contributed by atoms with Crippen LogP contribution in [0.1, 0.15) is 42.9 Å². The SMILES string of the molecule is CNC(c1ccncc1C)C1CCCC(S(C)(=O)=O)C1. The molecule has 0 bridgehead atoms. The number of hydrogen-bond acceptors (Lipinski definition) is 4. The summed E-state index contributed by atoms with van der Waals surface area (Å²) < 4.78 is 23.6. The highest BCUT2D eigenvalue weighted by Gasteiger charge is 2.33. The summed E-state index contributed by atoms with van der Waals surface area (Å²) in [5, 5.41) is 3.20. The summed E-state index contributed by atoms with van der Waals surface area (Å²) >= 11 is 0. The highest BCUT2D eigenvalue weighted by molar-refractivity contribution is 7.91. The fourth-order valence-corrected chi connectivity index (χ4v) is 4.54. The van der Waals surface area contributed by atoms with Gasteiger partial charge >= 0.3 is 0 Å². The van der Waals surface area contributed by atoms with Crippen molar-refractivity contribution < 1.29 is 8.42 Å². The normalized spacial score (nSPS) is 25.4. The first-order valence-corrected chi connectivity index (χ1v) is 9.15. The Morgan fingerprint density at radius 1 is 1.40 bits per heavy atom. The van der Waals surface area contributed by atoms with Gasteiger partial charge in [-0.2, -0.15) is 0 Å². The van der Waals surface area contributed by atoms with Crippen LogP contribution >= 0.6 is 0 Å². The van der Waals surface area contributed by atoms with E-state index in [4.69, 9.17) is 0 Å². The molecule has 1 saturated carbocycles. The third kappa shape index (κ3) is 3.38. The molecule has 2 rings (SSSR count). The molecular weight excluding hydrogens is 272 g/mol. The highest BCUT2D eigenvalue weighted by atomic mass is 32.2. The minimum Gasteiger partial charge on any atom is -0.313 e. The summed E-state index contributed by atoms with van der Waals surface area (Å²) in [4.78, 5) is 4.14. The summed E-state index contributed by atoms with van der Waals surface area (Å²) in [7, 11) is -0.980. The molecule has 0 aromatic carbocycles. The Morgan fingerprint density at radius 3 is 2.75 bits per heavy atom. The van der Waals surface area contributed by atoms with E-state index in [9.17, 15) is 8.42 Å². The highest BCUT2D eigenvalue weighted by Crippen LogP contribution is 2.37. The molecule has 20 heavy (non-hydrogen) atoms. The molecule has 1 N–H and O–H groups in total. The lowest BCUT2D eigenvalue weighted by molar-refractivity contribution is 0.282. The Kier molecular flexibility index (Phi) is 4.81. The van der Waals surface area contributed by atoms with Gasteiger partial charge in [-0.1, -0.05) is 6.42 Å². The molecule has 5 heteroatoms. The van der Waals surface area contributed by atoms with E-state index < -0.39 is 9.84 Å². The molecule has 4 nitrogen and oxygen atoms in total. The van der Waals surface area contributed by atoms with E-state index in [1.165, 1.54) is 11.8 Å². The molecule has 0 aliphatic heterocycles. The van der Waals surface area contributed by atoms with Crippen LogP contribution in [0.15, 0.2) is 18.5 Å². The average Bonchev–Trinajstić information content (AvgIpc) is 2.41. The van der Waals surface area contributed by atoms with Crippen LogP contribution in [-0.4, -0.2) is 32.0 Å².